The first kappa shape index (κ1) is 28.8. The summed E-state index contributed by atoms with van der Waals surface area (Å²) in [6.45, 7) is 0.915. The summed E-state index contributed by atoms with van der Waals surface area (Å²) in [5.41, 5.74) is 0.267. The second-order valence-electron chi connectivity index (χ2n) is 9.80. The number of halogens is 5. The van der Waals surface area contributed by atoms with Crippen molar-refractivity contribution in [3.05, 3.63) is 102 Å². The van der Waals surface area contributed by atoms with Crippen LogP contribution in [0.5, 0.6) is 17.2 Å². The number of benzene rings is 3. The van der Waals surface area contributed by atoms with E-state index in [-0.39, 0.29) is 23.7 Å². The molecule has 0 unspecified atom stereocenters. The van der Waals surface area contributed by atoms with Crippen molar-refractivity contribution >= 4 is 11.8 Å². The van der Waals surface area contributed by atoms with Crippen LogP contribution in [-0.2, 0) is 17.6 Å². The Labute approximate surface area is 238 Å². The van der Waals surface area contributed by atoms with Crippen LogP contribution >= 0.6 is 0 Å². The molecule has 0 saturated carbocycles. The van der Waals surface area contributed by atoms with Crippen molar-refractivity contribution in [3.63, 3.8) is 0 Å². The van der Waals surface area contributed by atoms with Gasteiger partial charge >= 0.3 is 12.1 Å². The van der Waals surface area contributed by atoms with Crippen molar-refractivity contribution < 1.29 is 41.3 Å². The average Bonchev–Trinajstić information content (AvgIpc) is 2.97. The van der Waals surface area contributed by atoms with Gasteiger partial charge in [0, 0.05) is 24.7 Å². The zero-order valence-electron chi connectivity index (χ0n) is 22.1. The summed E-state index contributed by atoms with van der Waals surface area (Å²) in [6.07, 6.45) is -3.50. The van der Waals surface area contributed by atoms with Crippen LogP contribution in [-0.4, -0.2) is 29.1 Å². The molecular formula is C31H25F5N2O4. The average molecular weight is 585 g/mol. The van der Waals surface area contributed by atoms with Gasteiger partial charge in [-0.3, -0.25) is 4.79 Å². The van der Waals surface area contributed by atoms with Crippen LogP contribution in [0.1, 0.15) is 24.0 Å². The fraction of sp³-hybridized carbons (Fsp3) is 0.226. The number of aromatic nitrogens is 1. The molecule has 0 bridgehead atoms. The van der Waals surface area contributed by atoms with E-state index >= 15 is 0 Å². The van der Waals surface area contributed by atoms with E-state index in [0.717, 1.165) is 24.3 Å². The van der Waals surface area contributed by atoms with Crippen LogP contribution in [0.3, 0.4) is 0 Å². The maximum atomic E-state index is 14.9. The van der Waals surface area contributed by atoms with E-state index < -0.39 is 35.3 Å². The number of hydrogen-bond donors (Lipinski definition) is 1. The lowest BCUT2D eigenvalue weighted by molar-refractivity contribution is -0.142. The number of hydrogen-bond acceptors (Lipinski definition) is 5. The minimum atomic E-state index is -4.44. The number of carboxylic acids is 1. The number of rotatable bonds is 8. The highest BCUT2D eigenvalue weighted by atomic mass is 19.4. The smallest absolute Gasteiger partial charge is 0.416 e. The molecule has 0 aliphatic carbocycles. The predicted octanol–water partition coefficient (Wildman–Crippen LogP) is 7.72. The van der Waals surface area contributed by atoms with E-state index in [1.165, 1.54) is 12.1 Å². The molecule has 1 aliphatic heterocycles. The third kappa shape index (κ3) is 6.79. The second-order valence-corrected chi connectivity index (χ2v) is 9.80. The monoisotopic (exact) mass is 584 g/mol. The number of aliphatic carboxylic acids is 1. The lowest BCUT2D eigenvalue weighted by atomic mass is 9.97. The number of ether oxygens (including phenoxy) is 2. The van der Waals surface area contributed by atoms with Gasteiger partial charge in [0.05, 0.1) is 17.2 Å². The summed E-state index contributed by atoms with van der Waals surface area (Å²) < 4.78 is 78.9. The van der Waals surface area contributed by atoms with E-state index in [0.29, 0.717) is 48.8 Å². The van der Waals surface area contributed by atoms with E-state index in [9.17, 15) is 31.9 Å². The van der Waals surface area contributed by atoms with Crippen LogP contribution in [0.2, 0.25) is 0 Å². The number of nitrogens with zero attached hydrogens (tertiary/aromatic N) is 2. The number of carboxylic acid groups (broad SMARTS) is 1. The topological polar surface area (TPSA) is 71.9 Å². The lowest BCUT2D eigenvalue weighted by Crippen LogP contribution is -2.36. The first-order chi connectivity index (χ1) is 20.1. The molecule has 218 valence electrons. The summed E-state index contributed by atoms with van der Waals surface area (Å²) in [4.78, 5) is 17.8. The van der Waals surface area contributed by atoms with Crippen molar-refractivity contribution in [1.29, 1.82) is 0 Å². The minimum Gasteiger partial charge on any atom is -0.485 e. The van der Waals surface area contributed by atoms with Gasteiger partial charge in [-0.25, -0.2) is 13.8 Å². The third-order valence-corrected chi connectivity index (χ3v) is 6.91. The van der Waals surface area contributed by atoms with Gasteiger partial charge in [0.25, 0.3) is 0 Å². The van der Waals surface area contributed by atoms with Crippen LogP contribution < -0.4 is 14.4 Å². The van der Waals surface area contributed by atoms with Crippen LogP contribution in [0.4, 0.5) is 27.8 Å². The summed E-state index contributed by atoms with van der Waals surface area (Å²) in [6, 6.07) is 17.7. The highest BCUT2D eigenvalue weighted by molar-refractivity contribution is 5.71. The first-order valence-corrected chi connectivity index (χ1v) is 13.1. The number of pyridine rings is 1. The van der Waals surface area contributed by atoms with Crippen molar-refractivity contribution in [2.24, 2.45) is 5.92 Å². The third-order valence-electron chi connectivity index (χ3n) is 6.91. The zero-order valence-corrected chi connectivity index (χ0v) is 22.1. The standard InChI is InChI=1S/C31H25F5N2O4/c32-22-16-25(27-2-1-3-28(37-27)38-14-12-20(13-15-38)30(39)40)29(26(33)17-22)41-18-19-4-8-23(9-5-19)42-24-10-6-21(7-11-24)31(34,35)36/h1-11,16-17,20H,12-15,18H2,(H,39,40). The second kappa shape index (κ2) is 12.1. The quantitative estimate of drug-likeness (QED) is 0.214. The molecule has 6 nitrogen and oxygen atoms in total. The molecule has 0 amide bonds. The Morgan fingerprint density at radius 1 is 0.929 bits per heavy atom. The molecule has 4 aromatic rings. The van der Waals surface area contributed by atoms with Gasteiger partial charge in [-0.05, 0) is 73.0 Å². The molecule has 1 saturated heterocycles. The van der Waals surface area contributed by atoms with E-state index in [2.05, 4.69) is 4.98 Å². The fourth-order valence-corrected chi connectivity index (χ4v) is 4.66. The number of anilines is 1. The molecule has 11 heteroatoms. The van der Waals surface area contributed by atoms with Crippen molar-refractivity contribution in [3.8, 4) is 28.5 Å². The SMILES string of the molecule is O=C(O)C1CCN(c2cccc(-c3cc(F)cc(F)c3OCc3ccc(Oc4ccc(C(F)(F)F)cc4)cc3)n2)CC1. The summed E-state index contributed by atoms with van der Waals surface area (Å²) in [5, 5.41) is 9.25. The van der Waals surface area contributed by atoms with Crippen LogP contribution in [0.25, 0.3) is 11.3 Å². The molecule has 2 heterocycles. The Bertz CT molecular complexity index is 1550. The molecule has 5 rings (SSSR count). The van der Waals surface area contributed by atoms with Gasteiger partial charge in [-0.1, -0.05) is 18.2 Å². The van der Waals surface area contributed by atoms with Gasteiger partial charge < -0.3 is 19.5 Å². The van der Waals surface area contributed by atoms with E-state index in [1.807, 2.05) is 4.90 Å². The molecule has 1 aliphatic rings. The largest absolute Gasteiger partial charge is 0.485 e. The Morgan fingerprint density at radius 2 is 1.57 bits per heavy atom. The van der Waals surface area contributed by atoms with Gasteiger partial charge in [0.15, 0.2) is 11.6 Å². The Hall–Kier alpha value is -4.67. The molecule has 1 aromatic heterocycles. The molecule has 3 aromatic carbocycles. The number of carbonyl (C=O) groups is 1. The fourth-order valence-electron chi connectivity index (χ4n) is 4.66. The molecule has 0 atom stereocenters. The summed E-state index contributed by atoms with van der Waals surface area (Å²) >= 11 is 0. The highest BCUT2D eigenvalue weighted by Crippen LogP contribution is 2.35. The molecule has 0 spiro atoms. The maximum Gasteiger partial charge on any atom is 0.416 e. The molecular weight excluding hydrogens is 559 g/mol. The van der Waals surface area contributed by atoms with Crippen LogP contribution in [0.15, 0.2) is 78.9 Å². The van der Waals surface area contributed by atoms with Crippen molar-refractivity contribution in [1.82, 2.24) is 4.98 Å². The first-order valence-electron chi connectivity index (χ1n) is 13.1. The minimum absolute atomic E-state index is 0.0709. The summed E-state index contributed by atoms with van der Waals surface area (Å²) in [7, 11) is 0. The number of piperidine rings is 1. The van der Waals surface area contributed by atoms with E-state index in [4.69, 9.17) is 9.47 Å². The van der Waals surface area contributed by atoms with Crippen molar-refractivity contribution in [2.45, 2.75) is 25.6 Å². The molecule has 42 heavy (non-hydrogen) atoms. The molecule has 0 radical (unpaired) electrons. The predicted molar refractivity (Wildman–Crippen MR) is 144 cm³/mol. The highest BCUT2D eigenvalue weighted by Gasteiger charge is 2.30. The Kier molecular flexibility index (Phi) is 8.28. The molecule has 1 N–H and O–H groups in total. The zero-order chi connectivity index (χ0) is 29.9. The number of alkyl halides is 3. The molecule has 1 fully saturated rings. The van der Waals surface area contributed by atoms with Crippen LogP contribution in [0, 0.1) is 17.6 Å². The van der Waals surface area contributed by atoms with Gasteiger partial charge in [0.2, 0.25) is 0 Å². The van der Waals surface area contributed by atoms with Gasteiger partial charge in [-0.15, -0.1) is 0 Å². The lowest BCUT2D eigenvalue weighted by Gasteiger charge is -2.31. The van der Waals surface area contributed by atoms with Gasteiger partial charge in [0.1, 0.15) is 29.7 Å². The summed E-state index contributed by atoms with van der Waals surface area (Å²) in [5.74, 6) is -1.95. The van der Waals surface area contributed by atoms with E-state index in [1.54, 1.807) is 42.5 Å². The normalized spacial score (nSPS) is 14.1. The van der Waals surface area contributed by atoms with Gasteiger partial charge in [-0.2, -0.15) is 13.2 Å². The van der Waals surface area contributed by atoms with Crippen molar-refractivity contribution in [2.75, 3.05) is 18.0 Å². The Balaban J connectivity index is 1.28. The maximum absolute atomic E-state index is 14.9. The Morgan fingerprint density at radius 3 is 2.19 bits per heavy atom.